The summed E-state index contributed by atoms with van der Waals surface area (Å²) in [5, 5.41) is 13.1. The molecule has 74 valence electrons. The fraction of sp³-hybridized carbons (Fsp3) is 0.125. The van der Waals surface area contributed by atoms with Gasteiger partial charge in [0.2, 0.25) is 0 Å². The lowest BCUT2D eigenvalue weighted by Gasteiger charge is -2.05. The minimum Gasteiger partial charge on any atom is -0.427 e. The maximum atomic E-state index is 10.4. The summed E-state index contributed by atoms with van der Waals surface area (Å²) in [5.74, 6) is 0.258. The lowest BCUT2D eigenvalue weighted by Crippen LogP contribution is -1.97. The van der Waals surface area contributed by atoms with Crippen molar-refractivity contribution in [2.45, 2.75) is 0 Å². The number of hydrogen-bond donors (Lipinski definition) is 1. The van der Waals surface area contributed by atoms with Crippen LogP contribution in [0.15, 0.2) is 18.2 Å². The molecular formula is C8H8N2O4. The SMILES string of the molecule is CNc1cc([N+](=O)[O-])ccc1OC=O. The van der Waals surface area contributed by atoms with Crippen molar-refractivity contribution in [1.29, 1.82) is 0 Å². The fourth-order valence-corrected chi connectivity index (χ4v) is 0.982. The van der Waals surface area contributed by atoms with Gasteiger partial charge in [0.25, 0.3) is 12.2 Å². The standard InChI is InChI=1S/C8H8N2O4/c1-9-7-4-6(10(12)13)2-3-8(7)14-5-11/h2-5,9H,1H3. The summed E-state index contributed by atoms with van der Waals surface area (Å²) >= 11 is 0. The van der Waals surface area contributed by atoms with E-state index in [4.69, 9.17) is 0 Å². The van der Waals surface area contributed by atoms with E-state index < -0.39 is 4.92 Å². The molecule has 0 aliphatic carbocycles. The molecular weight excluding hydrogens is 188 g/mol. The average Bonchev–Trinajstić information content (AvgIpc) is 2.18. The van der Waals surface area contributed by atoms with E-state index in [1.165, 1.54) is 18.2 Å². The Morgan fingerprint density at radius 3 is 2.79 bits per heavy atom. The molecule has 0 amide bonds. The zero-order valence-electron chi connectivity index (χ0n) is 7.39. The highest BCUT2D eigenvalue weighted by Gasteiger charge is 2.10. The van der Waals surface area contributed by atoms with Crippen LogP contribution in [0.25, 0.3) is 0 Å². The number of nitrogens with zero attached hydrogens (tertiary/aromatic N) is 1. The van der Waals surface area contributed by atoms with E-state index in [-0.39, 0.29) is 17.9 Å². The van der Waals surface area contributed by atoms with E-state index in [1.807, 2.05) is 0 Å². The minimum absolute atomic E-state index is 0.0624. The van der Waals surface area contributed by atoms with Gasteiger partial charge >= 0.3 is 0 Å². The van der Waals surface area contributed by atoms with Crippen LogP contribution in [-0.2, 0) is 4.79 Å². The largest absolute Gasteiger partial charge is 0.427 e. The third-order valence-corrected chi connectivity index (χ3v) is 1.62. The van der Waals surface area contributed by atoms with E-state index in [9.17, 15) is 14.9 Å². The second-order valence-corrected chi connectivity index (χ2v) is 2.40. The molecule has 0 fully saturated rings. The molecule has 14 heavy (non-hydrogen) atoms. The maximum absolute atomic E-state index is 10.4. The van der Waals surface area contributed by atoms with Crippen LogP contribution in [0, 0.1) is 10.1 Å². The van der Waals surface area contributed by atoms with E-state index in [1.54, 1.807) is 7.05 Å². The van der Waals surface area contributed by atoms with Crippen molar-refractivity contribution < 1.29 is 14.5 Å². The van der Waals surface area contributed by atoms with Crippen LogP contribution in [0.1, 0.15) is 0 Å². The smallest absolute Gasteiger partial charge is 0.298 e. The van der Waals surface area contributed by atoms with Crippen molar-refractivity contribution >= 4 is 17.8 Å². The van der Waals surface area contributed by atoms with Crippen LogP contribution < -0.4 is 10.1 Å². The van der Waals surface area contributed by atoms with E-state index in [2.05, 4.69) is 10.1 Å². The molecule has 0 aromatic heterocycles. The van der Waals surface area contributed by atoms with E-state index in [0.717, 1.165) is 0 Å². The number of hydrogen-bond acceptors (Lipinski definition) is 5. The molecule has 6 nitrogen and oxygen atoms in total. The van der Waals surface area contributed by atoms with Crippen LogP contribution in [0.5, 0.6) is 5.75 Å². The molecule has 1 aromatic carbocycles. The third kappa shape index (κ3) is 1.98. The zero-order chi connectivity index (χ0) is 10.6. The van der Waals surface area contributed by atoms with Gasteiger partial charge in [0.05, 0.1) is 10.6 Å². The van der Waals surface area contributed by atoms with Crippen LogP contribution in [-0.4, -0.2) is 18.4 Å². The first kappa shape index (κ1) is 9.97. The summed E-state index contributed by atoms with van der Waals surface area (Å²) in [6.07, 6.45) is 0. The van der Waals surface area contributed by atoms with Crippen LogP contribution in [0.2, 0.25) is 0 Å². The average molecular weight is 196 g/mol. The van der Waals surface area contributed by atoms with E-state index >= 15 is 0 Å². The first-order valence-corrected chi connectivity index (χ1v) is 3.75. The Bertz CT molecular complexity index is 364. The van der Waals surface area contributed by atoms with E-state index in [0.29, 0.717) is 5.69 Å². The van der Waals surface area contributed by atoms with Crippen molar-refractivity contribution in [1.82, 2.24) is 0 Å². The number of nitro benzene ring substituents is 1. The van der Waals surface area contributed by atoms with Crippen molar-refractivity contribution in [2.75, 3.05) is 12.4 Å². The molecule has 0 spiro atoms. The molecule has 0 aliphatic rings. The Hall–Kier alpha value is -2.11. The number of rotatable bonds is 4. The fourth-order valence-electron chi connectivity index (χ4n) is 0.982. The number of carbonyl (C=O) groups excluding carboxylic acids is 1. The number of non-ortho nitro benzene ring substituents is 1. The van der Waals surface area contributed by atoms with Gasteiger partial charge in [-0.1, -0.05) is 0 Å². The molecule has 1 rings (SSSR count). The van der Waals surface area contributed by atoms with Gasteiger partial charge < -0.3 is 10.1 Å². The summed E-state index contributed by atoms with van der Waals surface area (Å²) in [5.41, 5.74) is 0.332. The molecule has 0 bridgehead atoms. The highest BCUT2D eigenvalue weighted by Crippen LogP contribution is 2.28. The highest BCUT2D eigenvalue weighted by atomic mass is 16.6. The Labute approximate surface area is 79.6 Å². The Morgan fingerprint density at radius 2 is 2.29 bits per heavy atom. The van der Waals surface area contributed by atoms with Crippen LogP contribution in [0.3, 0.4) is 0 Å². The molecule has 1 N–H and O–H groups in total. The van der Waals surface area contributed by atoms with Gasteiger partial charge in [-0.2, -0.15) is 0 Å². The monoisotopic (exact) mass is 196 g/mol. The van der Waals surface area contributed by atoms with Gasteiger partial charge in [-0.3, -0.25) is 14.9 Å². The first-order valence-electron chi connectivity index (χ1n) is 3.75. The summed E-state index contributed by atoms with van der Waals surface area (Å²) < 4.78 is 4.60. The topological polar surface area (TPSA) is 81.5 Å². The molecule has 0 unspecified atom stereocenters. The molecule has 1 aromatic rings. The number of benzene rings is 1. The lowest BCUT2D eigenvalue weighted by atomic mass is 10.2. The van der Waals surface area contributed by atoms with Gasteiger partial charge in [0.15, 0.2) is 5.75 Å². The van der Waals surface area contributed by atoms with Crippen molar-refractivity contribution in [3.8, 4) is 5.75 Å². The quantitative estimate of drug-likeness (QED) is 0.444. The summed E-state index contributed by atoms with van der Waals surface area (Å²) in [6, 6.07) is 3.91. The van der Waals surface area contributed by atoms with Crippen LogP contribution in [0.4, 0.5) is 11.4 Å². The molecule has 0 aliphatic heterocycles. The molecule has 0 saturated heterocycles. The van der Waals surface area contributed by atoms with Gasteiger partial charge in [0, 0.05) is 19.2 Å². The Balaban J connectivity index is 3.10. The number of anilines is 1. The summed E-state index contributed by atoms with van der Waals surface area (Å²) in [7, 11) is 1.58. The van der Waals surface area contributed by atoms with Crippen LogP contribution >= 0.6 is 0 Å². The number of carbonyl (C=O) groups is 1. The number of ether oxygens (including phenoxy) is 1. The predicted octanol–water partition coefficient (Wildman–Crippen LogP) is 1.17. The summed E-state index contributed by atoms with van der Waals surface area (Å²) in [6.45, 7) is 0.266. The lowest BCUT2D eigenvalue weighted by molar-refractivity contribution is -0.384. The second kappa shape index (κ2) is 4.22. The maximum Gasteiger partial charge on any atom is 0.298 e. The first-order chi connectivity index (χ1) is 6.69. The van der Waals surface area contributed by atoms with Gasteiger partial charge in [-0.15, -0.1) is 0 Å². The van der Waals surface area contributed by atoms with Crippen molar-refractivity contribution in [3.63, 3.8) is 0 Å². The zero-order valence-corrected chi connectivity index (χ0v) is 7.39. The van der Waals surface area contributed by atoms with Crippen molar-refractivity contribution in [3.05, 3.63) is 28.3 Å². The molecule has 0 atom stereocenters. The third-order valence-electron chi connectivity index (χ3n) is 1.62. The normalized spacial score (nSPS) is 9.21. The van der Waals surface area contributed by atoms with Gasteiger partial charge in [-0.05, 0) is 6.07 Å². The van der Waals surface area contributed by atoms with Gasteiger partial charge in [-0.25, -0.2) is 0 Å². The second-order valence-electron chi connectivity index (χ2n) is 2.40. The molecule has 6 heteroatoms. The molecule has 0 heterocycles. The molecule has 0 radical (unpaired) electrons. The Kier molecular flexibility index (Phi) is 3.01. The predicted molar refractivity (Wildman–Crippen MR) is 49.3 cm³/mol. The number of nitro groups is 1. The highest BCUT2D eigenvalue weighted by molar-refractivity contribution is 5.64. The number of nitrogens with one attached hydrogen (secondary N) is 1. The Morgan fingerprint density at radius 1 is 1.57 bits per heavy atom. The minimum atomic E-state index is -0.522. The summed E-state index contributed by atoms with van der Waals surface area (Å²) in [4.78, 5) is 20.0. The van der Waals surface area contributed by atoms with Crippen molar-refractivity contribution in [2.24, 2.45) is 0 Å². The molecule has 0 saturated carbocycles. The van der Waals surface area contributed by atoms with Gasteiger partial charge in [0.1, 0.15) is 0 Å².